The molecule has 2 aromatic rings. The molecule has 104 valence electrons. The lowest BCUT2D eigenvalue weighted by molar-refractivity contribution is 0.277. The molecule has 0 radical (unpaired) electrons. The maximum Gasteiger partial charge on any atom is 0.260 e. The largest absolute Gasteiger partial charge is 0.392 e. The van der Waals surface area contributed by atoms with Crippen LogP contribution in [0.25, 0.3) is 0 Å². The Balaban J connectivity index is 2.21. The van der Waals surface area contributed by atoms with Gasteiger partial charge in [-0.15, -0.1) is 0 Å². The van der Waals surface area contributed by atoms with Crippen molar-refractivity contribution in [3.05, 3.63) is 33.1 Å². The number of nitrogens with one attached hydrogen (secondary N) is 2. The second kappa shape index (κ2) is 5.41. The summed E-state index contributed by atoms with van der Waals surface area (Å²) >= 11 is 1.53. The molecule has 0 amide bonds. The third-order valence-corrected chi connectivity index (χ3v) is 5.14. The number of thiophene rings is 1. The number of nitrogens with zero attached hydrogens (tertiary/aromatic N) is 1. The van der Waals surface area contributed by atoms with Gasteiger partial charge < -0.3 is 5.11 Å². The number of hydrogen-bond donors (Lipinski definition) is 3. The summed E-state index contributed by atoms with van der Waals surface area (Å²) in [4.78, 5) is 0. The fourth-order valence-corrected chi connectivity index (χ4v) is 3.69. The van der Waals surface area contributed by atoms with Crippen LogP contribution in [0.1, 0.15) is 22.4 Å². The topological polar surface area (TPSA) is 95.1 Å². The Labute approximate surface area is 115 Å². The second-order valence-electron chi connectivity index (χ2n) is 4.20. The fourth-order valence-electron chi connectivity index (χ4n) is 1.65. The molecular weight excluding hydrogens is 286 g/mol. The first kappa shape index (κ1) is 14.2. The van der Waals surface area contributed by atoms with E-state index in [0.717, 1.165) is 11.1 Å². The minimum Gasteiger partial charge on any atom is -0.392 e. The molecule has 0 aromatic carbocycles. The van der Waals surface area contributed by atoms with Gasteiger partial charge in [-0.25, -0.2) is 13.1 Å². The van der Waals surface area contributed by atoms with Crippen LogP contribution in [0.5, 0.6) is 0 Å². The van der Waals surface area contributed by atoms with Gasteiger partial charge >= 0.3 is 0 Å². The number of hydrogen-bond acceptors (Lipinski definition) is 5. The fraction of sp³-hybridized carbons (Fsp3) is 0.364. The maximum atomic E-state index is 12.1. The first-order valence-electron chi connectivity index (χ1n) is 5.61. The predicted octanol–water partition coefficient (Wildman–Crippen LogP) is 1.06. The van der Waals surface area contributed by atoms with Crippen molar-refractivity contribution in [1.29, 1.82) is 0 Å². The summed E-state index contributed by atoms with van der Waals surface area (Å²) < 4.78 is 26.8. The van der Waals surface area contributed by atoms with Crippen molar-refractivity contribution in [2.24, 2.45) is 0 Å². The number of aromatic amines is 1. The molecule has 2 aromatic heterocycles. The third kappa shape index (κ3) is 2.86. The lowest BCUT2D eigenvalue weighted by Gasteiger charge is -2.05. The Morgan fingerprint density at radius 3 is 2.74 bits per heavy atom. The van der Waals surface area contributed by atoms with E-state index in [4.69, 9.17) is 0 Å². The Hall–Kier alpha value is -1.22. The molecule has 0 fully saturated rings. The first-order chi connectivity index (χ1) is 8.95. The van der Waals surface area contributed by atoms with Crippen molar-refractivity contribution >= 4 is 21.4 Å². The van der Waals surface area contributed by atoms with E-state index < -0.39 is 10.0 Å². The summed E-state index contributed by atoms with van der Waals surface area (Å²) in [7, 11) is -3.72. The molecule has 0 aliphatic carbocycles. The van der Waals surface area contributed by atoms with E-state index in [-0.39, 0.29) is 18.2 Å². The van der Waals surface area contributed by atoms with Crippen molar-refractivity contribution in [2.75, 3.05) is 0 Å². The molecule has 0 unspecified atom stereocenters. The monoisotopic (exact) mass is 301 g/mol. The summed E-state index contributed by atoms with van der Waals surface area (Å²) in [6, 6.07) is 0. The van der Waals surface area contributed by atoms with Gasteiger partial charge in [-0.05, 0) is 35.7 Å². The normalized spacial score (nSPS) is 11.9. The summed E-state index contributed by atoms with van der Waals surface area (Å²) in [6.45, 7) is 3.45. The standard InChI is InChI=1S/C11H15N3O3S2/c1-7-5-18-6-9(7)3-12-19(16,17)11-10(4-15)8(2)13-14-11/h5-6,12,15H,3-4H2,1-2H3,(H,13,14). The van der Waals surface area contributed by atoms with E-state index in [1.165, 1.54) is 11.3 Å². The highest BCUT2D eigenvalue weighted by Crippen LogP contribution is 2.18. The van der Waals surface area contributed by atoms with Crippen molar-refractivity contribution < 1.29 is 13.5 Å². The second-order valence-corrected chi connectivity index (χ2v) is 6.62. The van der Waals surface area contributed by atoms with E-state index in [0.29, 0.717) is 11.3 Å². The third-order valence-electron chi connectivity index (χ3n) is 2.86. The van der Waals surface area contributed by atoms with Crippen LogP contribution in [0.15, 0.2) is 15.8 Å². The van der Waals surface area contributed by atoms with Gasteiger partial charge in [0, 0.05) is 17.8 Å². The van der Waals surface area contributed by atoms with Gasteiger partial charge in [-0.3, -0.25) is 5.10 Å². The molecule has 6 nitrogen and oxygen atoms in total. The van der Waals surface area contributed by atoms with Gasteiger partial charge in [-0.1, -0.05) is 0 Å². The molecule has 8 heteroatoms. The molecule has 0 saturated heterocycles. The number of aliphatic hydroxyl groups excluding tert-OH is 1. The summed E-state index contributed by atoms with van der Waals surface area (Å²) in [6.07, 6.45) is 0. The van der Waals surface area contributed by atoms with E-state index in [1.54, 1.807) is 6.92 Å². The Morgan fingerprint density at radius 2 is 2.16 bits per heavy atom. The molecule has 0 saturated carbocycles. The lowest BCUT2D eigenvalue weighted by Crippen LogP contribution is -2.24. The minimum absolute atomic E-state index is 0.139. The van der Waals surface area contributed by atoms with Gasteiger partial charge in [0.2, 0.25) is 0 Å². The van der Waals surface area contributed by atoms with Crippen LogP contribution in [0.2, 0.25) is 0 Å². The molecule has 19 heavy (non-hydrogen) atoms. The van der Waals surface area contributed by atoms with Crippen LogP contribution in [-0.2, 0) is 23.2 Å². The zero-order chi connectivity index (χ0) is 14.0. The highest BCUT2D eigenvalue weighted by Gasteiger charge is 2.23. The van der Waals surface area contributed by atoms with Crippen LogP contribution < -0.4 is 4.72 Å². The van der Waals surface area contributed by atoms with Crippen molar-refractivity contribution in [3.63, 3.8) is 0 Å². The SMILES string of the molecule is Cc1cscc1CNS(=O)(=O)c1n[nH]c(C)c1CO. The molecular formula is C11H15N3O3S2. The number of H-pyrrole nitrogens is 1. The van der Waals surface area contributed by atoms with Crippen LogP contribution >= 0.6 is 11.3 Å². The van der Waals surface area contributed by atoms with E-state index in [1.807, 2.05) is 17.7 Å². The molecule has 2 rings (SSSR count). The van der Waals surface area contributed by atoms with Crippen LogP contribution in [-0.4, -0.2) is 23.7 Å². The lowest BCUT2D eigenvalue weighted by atomic mass is 10.2. The summed E-state index contributed by atoms with van der Waals surface area (Å²) in [5.74, 6) is 0. The average molecular weight is 301 g/mol. The van der Waals surface area contributed by atoms with Crippen molar-refractivity contribution in [1.82, 2.24) is 14.9 Å². The van der Waals surface area contributed by atoms with Gasteiger partial charge in [-0.2, -0.15) is 16.4 Å². The molecule has 0 aliphatic heterocycles. The number of sulfonamides is 1. The smallest absolute Gasteiger partial charge is 0.260 e. The predicted molar refractivity (Wildman–Crippen MR) is 72.3 cm³/mol. The van der Waals surface area contributed by atoms with Gasteiger partial charge in [0.15, 0.2) is 5.03 Å². The quantitative estimate of drug-likeness (QED) is 0.769. The molecule has 3 N–H and O–H groups in total. The van der Waals surface area contributed by atoms with E-state index >= 15 is 0 Å². The molecule has 2 heterocycles. The Morgan fingerprint density at radius 1 is 1.42 bits per heavy atom. The van der Waals surface area contributed by atoms with Crippen LogP contribution in [0.4, 0.5) is 0 Å². The Bertz CT molecular complexity index is 673. The van der Waals surface area contributed by atoms with Crippen molar-refractivity contribution in [3.8, 4) is 0 Å². The van der Waals surface area contributed by atoms with Crippen LogP contribution in [0.3, 0.4) is 0 Å². The number of aryl methyl sites for hydroxylation is 2. The van der Waals surface area contributed by atoms with Crippen LogP contribution in [0, 0.1) is 13.8 Å². The average Bonchev–Trinajstić information content (AvgIpc) is 2.93. The first-order valence-corrected chi connectivity index (χ1v) is 8.04. The maximum absolute atomic E-state index is 12.1. The number of aliphatic hydroxyl groups is 1. The minimum atomic E-state index is -3.72. The summed E-state index contributed by atoms with van der Waals surface area (Å²) in [5.41, 5.74) is 2.84. The molecule has 0 aliphatic rings. The number of aromatic nitrogens is 2. The zero-order valence-electron chi connectivity index (χ0n) is 10.6. The highest BCUT2D eigenvalue weighted by atomic mass is 32.2. The molecule has 0 bridgehead atoms. The summed E-state index contributed by atoms with van der Waals surface area (Å²) in [5, 5.41) is 19.2. The Kier molecular flexibility index (Phi) is 4.04. The van der Waals surface area contributed by atoms with Crippen molar-refractivity contribution in [2.45, 2.75) is 32.0 Å². The number of rotatable bonds is 5. The van der Waals surface area contributed by atoms with E-state index in [2.05, 4.69) is 14.9 Å². The molecule has 0 spiro atoms. The van der Waals surface area contributed by atoms with Gasteiger partial charge in [0.05, 0.1) is 6.61 Å². The molecule has 0 atom stereocenters. The van der Waals surface area contributed by atoms with Gasteiger partial charge in [0.1, 0.15) is 0 Å². The highest BCUT2D eigenvalue weighted by molar-refractivity contribution is 7.89. The zero-order valence-corrected chi connectivity index (χ0v) is 12.2. The van der Waals surface area contributed by atoms with E-state index in [9.17, 15) is 13.5 Å². The van der Waals surface area contributed by atoms with Gasteiger partial charge in [0.25, 0.3) is 10.0 Å².